The Morgan fingerprint density at radius 1 is 1.12 bits per heavy atom. The van der Waals surface area contributed by atoms with Gasteiger partial charge in [-0.25, -0.2) is 18.2 Å². The number of hydrogen-bond acceptors (Lipinski definition) is 9. The van der Waals surface area contributed by atoms with E-state index in [0.717, 1.165) is 10.9 Å². The van der Waals surface area contributed by atoms with Crippen LogP contribution in [0.4, 0.5) is 18.0 Å². The summed E-state index contributed by atoms with van der Waals surface area (Å²) in [6.45, 7) is 2.19. The van der Waals surface area contributed by atoms with Gasteiger partial charge in [0, 0.05) is 29.8 Å². The minimum atomic E-state index is -4.69. The number of methoxy groups -OCH3 is 1. The molecule has 4 heterocycles. The van der Waals surface area contributed by atoms with Crippen LogP contribution in [-0.2, 0) is 30.8 Å². The zero-order chi connectivity index (χ0) is 42.3. The third kappa shape index (κ3) is 7.26. The fourth-order valence-corrected chi connectivity index (χ4v) is 10.6. The molecule has 59 heavy (non-hydrogen) atoms. The number of amides is 4. The molecule has 0 bridgehead atoms. The van der Waals surface area contributed by atoms with Gasteiger partial charge in [-0.15, -0.1) is 0 Å². The number of nitrogens with one attached hydrogen (secondary N) is 2. The number of aryl methyl sites for hydroxylation is 2. The molecule has 3 aliphatic carbocycles. The summed E-state index contributed by atoms with van der Waals surface area (Å²) in [6.07, 6.45) is 0.0934. The molecule has 320 valence electrons. The van der Waals surface area contributed by atoms with Crippen molar-refractivity contribution in [2.75, 3.05) is 20.2 Å². The maximum atomic E-state index is 15.0. The Kier molecular flexibility index (Phi) is 9.94. The number of carbonyl (C=O) groups is 4. The third-order valence-corrected chi connectivity index (χ3v) is 15.9. The van der Waals surface area contributed by atoms with Crippen molar-refractivity contribution in [1.29, 1.82) is 0 Å². The quantitative estimate of drug-likeness (QED) is 0.309. The molecule has 3 saturated carbocycles. The number of pyridine rings is 1. The summed E-state index contributed by atoms with van der Waals surface area (Å²) in [5.41, 5.74) is -3.02. The highest BCUT2D eigenvalue weighted by atomic mass is 32.2. The second-order valence-electron chi connectivity index (χ2n) is 17.8. The number of rotatable bonds is 7. The van der Waals surface area contributed by atoms with Gasteiger partial charge in [0.05, 0.1) is 35.0 Å². The number of carboxylic acid groups (broad SMARTS) is 1. The first-order chi connectivity index (χ1) is 27.8. The van der Waals surface area contributed by atoms with E-state index in [1.807, 2.05) is 18.2 Å². The van der Waals surface area contributed by atoms with Crippen LogP contribution in [0, 0.1) is 18.3 Å². The highest BCUT2D eigenvalue weighted by Gasteiger charge is 2.66. The molecule has 4 amide bonds. The second kappa shape index (κ2) is 14.3. The van der Waals surface area contributed by atoms with Gasteiger partial charge in [0.2, 0.25) is 21.8 Å². The van der Waals surface area contributed by atoms with Crippen molar-refractivity contribution >= 4 is 44.7 Å². The highest BCUT2D eigenvalue weighted by Crippen LogP contribution is 2.58. The molecule has 1 saturated heterocycles. The Bertz CT molecular complexity index is 2240. The molecule has 8 rings (SSSR count). The first-order valence-electron chi connectivity index (χ1n) is 20.4. The number of hydrogen-bond donors (Lipinski definition) is 3. The minimum Gasteiger partial charge on any atom is -0.497 e. The molecule has 1 aromatic heterocycles. The van der Waals surface area contributed by atoms with Gasteiger partial charge < -0.3 is 24.8 Å². The number of ether oxygens (including phenoxy) is 2. The van der Waals surface area contributed by atoms with Gasteiger partial charge in [-0.1, -0.05) is 25.0 Å². The van der Waals surface area contributed by atoms with Crippen LogP contribution in [0.5, 0.6) is 11.5 Å². The predicted molar refractivity (Wildman–Crippen MR) is 207 cm³/mol. The monoisotopic (exact) mass is 845 g/mol. The Morgan fingerprint density at radius 3 is 2.53 bits per heavy atom. The largest absolute Gasteiger partial charge is 0.497 e. The van der Waals surface area contributed by atoms with Gasteiger partial charge in [0.15, 0.2) is 0 Å². The minimum absolute atomic E-state index is 0.0766. The van der Waals surface area contributed by atoms with Crippen molar-refractivity contribution in [3.05, 3.63) is 41.6 Å². The zero-order valence-corrected chi connectivity index (χ0v) is 34.1. The van der Waals surface area contributed by atoms with Crippen LogP contribution in [0.1, 0.15) is 95.2 Å². The number of halogens is 3. The van der Waals surface area contributed by atoms with Crippen molar-refractivity contribution in [3.8, 4) is 11.5 Å². The highest BCUT2D eigenvalue weighted by molar-refractivity contribution is 7.91. The van der Waals surface area contributed by atoms with Crippen LogP contribution in [0.3, 0.4) is 0 Å². The lowest BCUT2D eigenvalue weighted by Gasteiger charge is -2.38. The zero-order valence-electron chi connectivity index (χ0n) is 33.3. The summed E-state index contributed by atoms with van der Waals surface area (Å²) >= 11 is 0. The molecule has 4 fully saturated rings. The maximum Gasteiger partial charge on any atom is 0.408 e. The third-order valence-electron chi connectivity index (χ3n) is 13.7. The second-order valence-corrected chi connectivity index (χ2v) is 20.0. The summed E-state index contributed by atoms with van der Waals surface area (Å²) in [5, 5.41) is 14.1. The molecule has 0 unspecified atom stereocenters. The van der Waals surface area contributed by atoms with E-state index in [-0.39, 0.29) is 38.6 Å². The Hall–Kier alpha value is -4.61. The number of alkyl halides is 3. The van der Waals surface area contributed by atoms with Crippen LogP contribution in [-0.4, -0.2) is 106 Å². The summed E-state index contributed by atoms with van der Waals surface area (Å²) in [4.78, 5) is 63.2. The average Bonchev–Trinajstić information content (AvgIpc) is 4.13. The van der Waals surface area contributed by atoms with Crippen molar-refractivity contribution in [2.45, 2.75) is 131 Å². The number of sulfonamides is 1. The van der Waals surface area contributed by atoms with Gasteiger partial charge in [0.25, 0.3) is 5.91 Å². The van der Waals surface area contributed by atoms with Crippen LogP contribution in [0.2, 0.25) is 0 Å². The number of allylic oxidation sites excluding steroid dienone is 1. The molecule has 3 aliphatic heterocycles. The molecular weight excluding hydrogens is 796 g/mol. The topological polar surface area (TPSA) is 185 Å². The van der Waals surface area contributed by atoms with Crippen LogP contribution in [0.25, 0.3) is 10.9 Å². The van der Waals surface area contributed by atoms with E-state index < -0.39 is 85.9 Å². The Morgan fingerprint density at radius 2 is 1.86 bits per heavy atom. The van der Waals surface area contributed by atoms with Gasteiger partial charge in [0.1, 0.15) is 34.7 Å². The van der Waals surface area contributed by atoms with Gasteiger partial charge >= 0.3 is 12.3 Å². The molecule has 3 N–H and O–H groups in total. The Labute approximate surface area is 340 Å². The van der Waals surface area contributed by atoms with E-state index in [0.29, 0.717) is 79.0 Å². The van der Waals surface area contributed by atoms with Crippen molar-refractivity contribution in [1.82, 2.24) is 24.8 Å². The fourth-order valence-electron chi connectivity index (χ4n) is 9.25. The molecule has 6 aliphatic rings. The first kappa shape index (κ1) is 41.1. The lowest BCUT2D eigenvalue weighted by Crippen LogP contribution is -2.59. The van der Waals surface area contributed by atoms with Crippen molar-refractivity contribution in [2.24, 2.45) is 11.3 Å². The summed E-state index contributed by atoms with van der Waals surface area (Å²) in [6, 6.07) is 2.58. The summed E-state index contributed by atoms with van der Waals surface area (Å²) in [7, 11) is -2.54. The predicted octanol–water partition coefficient (Wildman–Crippen LogP) is 5.30. The smallest absolute Gasteiger partial charge is 0.408 e. The molecule has 0 radical (unpaired) electrons. The molecule has 18 heteroatoms. The standard InChI is InChI=1S/C41H50F3N5O9S/c1-24-32-27(28-19-26(57-3)11-12-29(28)45-24)13-14-39(58-32)21-31-33(50)46-40(35(52)47-59(55,56)37(2)15-16-37)20-25(40)9-7-5-4-6-8-10-30(34(51)48(31)23-39)49(36(53)54)22-38(17-18-38)41(42,43)44/h7,9,11-12,19,25,30-31H,4-6,8,10,13-18,20-23H2,1-3H3,(H,46,50)(H,47,52)(H,53,54)/b9-7-/t25-,30+,31+,39-,40-/m1/s1. The van der Waals surface area contributed by atoms with Crippen molar-refractivity contribution < 1.29 is 55.3 Å². The van der Waals surface area contributed by atoms with E-state index in [4.69, 9.17) is 14.5 Å². The molecule has 1 spiro atoms. The van der Waals surface area contributed by atoms with E-state index in [9.17, 15) is 41.1 Å². The average molecular weight is 846 g/mol. The van der Waals surface area contributed by atoms with E-state index in [1.165, 1.54) is 11.8 Å². The lowest BCUT2D eigenvalue weighted by atomic mass is 9.87. The first-order valence-corrected chi connectivity index (χ1v) is 21.8. The normalized spacial score (nSPS) is 30.3. The lowest BCUT2D eigenvalue weighted by molar-refractivity contribution is -0.192. The summed E-state index contributed by atoms with van der Waals surface area (Å²) < 4.78 is 82.8. The van der Waals surface area contributed by atoms with E-state index in [2.05, 4.69) is 10.0 Å². The van der Waals surface area contributed by atoms with Crippen LogP contribution < -0.4 is 19.5 Å². The maximum absolute atomic E-state index is 15.0. The summed E-state index contributed by atoms with van der Waals surface area (Å²) in [5.74, 6) is -2.00. The molecule has 14 nitrogen and oxygen atoms in total. The van der Waals surface area contributed by atoms with Gasteiger partial charge in [-0.2, -0.15) is 13.2 Å². The Balaban J connectivity index is 1.17. The number of carbonyl (C=O) groups excluding carboxylic acids is 3. The SMILES string of the molecule is COc1ccc2nc(C)c3c(c2c1)CC[C@]1(C[C@H]2C(=O)N[C@]4(C(=O)NS(=O)(=O)C5(C)CC5)C[C@H]4/C=C\CCCCC[C@H](N(CC4(C(F)(F)F)CC4)C(=O)O)C(=O)N2C1)O3. The number of benzene rings is 1. The molecule has 2 aromatic rings. The van der Waals surface area contributed by atoms with E-state index in [1.54, 1.807) is 26.2 Å². The van der Waals surface area contributed by atoms with Gasteiger partial charge in [-0.3, -0.25) is 24.0 Å². The molecule has 1 aromatic carbocycles. The molecular formula is C41H50F3N5O9S. The van der Waals surface area contributed by atoms with Crippen LogP contribution >= 0.6 is 0 Å². The number of aromatic nitrogens is 1. The number of nitrogens with zero attached hydrogens (tertiary/aromatic N) is 3. The van der Waals surface area contributed by atoms with E-state index >= 15 is 4.79 Å². The van der Waals surface area contributed by atoms with Gasteiger partial charge in [-0.05, 0) is 96.3 Å². The molecule has 5 atom stereocenters. The van der Waals surface area contributed by atoms with Crippen molar-refractivity contribution in [3.63, 3.8) is 0 Å². The van der Waals surface area contributed by atoms with Crippen LogP contribution in [0.15, 0.2) is 30.4 Å². The number of fused-ring (bicyclic) bond motifs is 5. The fraction of sp³-hybridized carbons (Fsp3) is 0.634.